The lowest BCUT2D eigenvalue weighted by molar-refractivity contribution is -0.870. The molecular formula is C46H80NO9P. The van der Waals surface area contributed by atoms with Crippen LogP contribution in [0.25, 0.3) is 0 Å². The van der Waals surface area contributed by atoms with Crippen LogP contribution in [0.1, 0.15) is 149 Å². The zero-order chi connectivity index (χ0) is 42.0. The zero-order valence-corrected chi connectivity index (χ0v) is 37.3. The van der Waals surface area contributed by atoms with Crippen molar-refractivity contribution >= 4 is 19.6 Å². The van der Waals surface area contributed by atoms with Gasteiger partial charge in [0, 0.05) is 12.3 Å². The Labute approximate surface area is 347 Å². The maximum Gasteiger partial charge on any atom is 0.305 e. The van der Waals surface area contributed by atoms with Crippen LogP contribution in [-0.2, 0) is 32.7 Å². The average molecular weight is 822 g/mol. The number of carbonyl (C=O) groups excluding carboxylic acids is 2. The number of hydrogen-bond donors (Lipinski definition) is 1. The number of rotatable bonds is 37. The van der Waals surface area contributed by atoms with E-state index in [1.807, 2.05) is 51.5 Å². The van der Waals surface area contributed by atoms with Gasteiger partial charge in [0.2, 0.25) is 0 Å². The number of ketones is 1. The number of aliphatic hydroxyl groups excluding tert-OH is 1. The normalized spacial score (nSPS) is 18.4. The van der Waals surface area contributed by atoms with Gasteiger partial charge in [-0.15, -0.1) is 0 Å². The van der Waals surface area contributed by atoms with Crippen molar-refractivity contribution in [3.8, 4) is 0 Å². The highest BCUT2D eigenvalue weighted by atomic mass is 31.2. The maximum absolute atomic E-state index is 12.6. The first-order chi connectivity index (χ1) is 27.4. The fraction of sp³-hybridized carbons (Fsp3) is 0.739. The van der Waals surface area contributed by atoms with Gasteiger partial charge in [-0.2, -0.15) is 0 Å². The van der Waals surface area contributed by atoms with Crippen molar-refractivity contribution in [1.82, 2.24) is 0 Å². The summed E-state index contributed by atoms with van der Waals surface area (Å²) in [6.45, 7) is 4.35. The van der Waals surface area contributed by atoms with Gasteiger partial charge in [-0.05, 0) is 82.3 Å². The third-order valence-electron chi connectivity index (χ3n) is 9.88. The Hall–Kier alpha value is -2.33. The molecule has 0 aromatic carbocycles. The number of quaternary nitrogens is 1. The molecule has 0 amide bonds. The second-order valence-corrected chi connectivity index (χ2v) is 17.8. The van der Waals surface area contributed by atoms with Gasteiger partial charge in [0.25, 0.3) is 7.82 Å². The number of esters is 1. The summed E-state index contributed by atoms with van der Waals surface area (Å²) in [5, 5.41) is 10.2. The van der Waals surface area contributed by atoms with E-state index in [0.717, 1.165) is 44.9 Å². The first-order valence-corrected chi connectivity index (χ1v) is 23.6. The van der Waals surface area contributed by atoms with Gasteiger partial charge in [0.05, 0.1) is 40.1 Å². The highest BCUT2D eigenvalue weighted by Gasteiger charge is 2.27. The van der Waals surface area contributed by atoms with Gasteiger partial charge in [0.1, 0.15) is 19.8 Å². The smallest absolute Gasteiger partial charge is 0.305 e. The van der Waals surface area contributed by atoms with Gasteiger partial charge in [-0.3, -0.25) is 14.2 Å². The third kappa shape index (κ3) is 31.3. The van der Waals surface area contributed by atoms with Gasteiger partial charge >= 0.3 is 5.97 Å². The molecule has 0 aliphatic heterocycles. The molecule has 0 saturated heterocycles. The first-order valence-electron chi connectivity index (χ1n) is 22.1. The van der Waals surface area contributed by atoms with E-state index in [-0.39, 0.29) is 43.9 Å². The van der Waals surface area contributed by atoms with Crippen LogP contribution in [0.5, 0.6) is 0 Å². The number of aliphatic hydroxyl groups is 1. The molecule has 0 aromatic rings. The lowest BCUT2D eigenvalue weighted by Gasteiger charge is -2.28. The van der Waals surface area contributed by atoms with E-state index in [4.69, 9.17) is 18.5 Å². The third-order valence-corrected chi connectivity index (χ3v) is 10.8. The molecule has 57 heavy (non-hydrogen) atoms. The molecule has 0 heterocycles. The van der Waals surface area contributed by atoms with E-state index >= 15 is 0 Å². The van der Waals surface area contributed by atoms with Crippen molar-refractivity contribution in [3.63, 3.8) is 0 Å². The van der Waals surface area contributed by atoms with Gasteiger partial charge in [0.15, 0.2) is 11.9 Å². The van der Waals surface area contributed by atoms with E-state index in [1.54, 1.807) is 12.2 Å². The standard InChI is InChI=1S/C46H80NO9P/c1-6-8-10-11-12-13-14-15-16-17-18-19-20-21-24-28-37-53-43(40-56-57(51,52)55-38-36-47(3,4)5)39-54-46(50)31-27-23-22-26-29-41-32-35-45(49)44(41)34-33-42(48)30-25-9-7-2/h15-16,22,26,28,32-35,37,41-44,48H,6-14,17-21,23-25,27,29-31,36,38-40H2,1-5H3/b16-15-,26-22-,34-33+,37-28+/t41-,42-,43+,44+/m0/s1. The minimum atomic E-state index is -4.57. The number of phosphoric acid groups is 1. The van der Waals surface area contributed by atoms with Gasteiger partial charge < -0.3 is 33.0 Å². The van der Waals surface area contributed by atoms with E-state index in [0.29, 0.717) is 36.7 Å². The molecule has 1 rings (SSSR count). The largest absolute Gasteiger partial charge is 0.756 e. The number of nitrogens with zero attached hydrogens (tertiary/aromatic N) is 1. The molecular weight excluding hydrogens is 741 g/mol. The van der Waals surface area contributed by atoms with Crippen molar-refractivity contribution in [1.29, 1.82) is 0 Å². The monoisotopic (exact) mass is 822 g/mol. The van der Waals surface area contributed by atoms with Crippen LogP contribution in [0, 0.1) is 11.8 Å². The second-order valence-electron chi connectivity index (χ2n) is 16.4. The number of phosphoric ester groups is 1. The van der Waals surface area contributed by atoms with E-state index in [9.17, 15) is 24.2 Å². The van der Waals surface area contributed by atoms with Crippen molar-refractivity contribution in [2.45, 2.75) is 161 Å². The fourth-order valence-electron chi connectivity index (χ4n) is 6.22. The summed E-state index contributed by atoms with van der Waals surface area (Å²) in [5.41, 5.74) is 0. The molecule has 1 aliphatic rings. The van der Waals surface area contributed by atoms with Crippen molar-refractivity contribution in [3.05, 3.63) is 60.9 Å². The van der Waals surface area contributed by atoms with Crippen LogP contribution in [0.4, 0.5) is 0 Å². The highest BCUT2D eigenvalue weighted by molar-refractivity contribution is 7.45. The van der Waals surface area contributed by atoms with Crippen LogP contribution in [-0.4, -0.2) is 81.1 Å². The van der Waals surface area contributed by atoms with E-state index in [2.05, 4.69) is 26.0 Å². The molecule has 0 bridgehead atoms. The fourth-order valence-corrected chi connectivity index (χ4v) is 6.95. The summed E-state index contributed by atoms with van der Waals surface area (Å²) in [6, 6.07) is 0. The van der Waals surface area contributed by atoms with Crippen LogP contribution in [0.15, 0.2) is 60.9 Å². The molecule has 1 aliphatic carbocycles. The quantitative estimate of drug-likeness (QED) is 0.0162. The Morgan fingerprint density at radius 3 is 2.09 bits per heavy atom. The number of likely N-dealkylation sites (N-methyl/N-ethyl adjacent to an activating group) is 1. The van der Waals surface area contributed by atoms with Crippen LogP contribution >= 0.6 is 7.82 Å². The lowest BCUT2D eigenvalue weighted by atomic mass is 9.90. The Kier molecular flexibility index (Phi) is 31.0. The van der Waals surface area contributed by atoms with E-state index < -0.39 is 26.0 Å². The highest BCUT2D eigenvalue weighted by Crippen LogP contribution is 2.38. The van der Waals surface area contributed by atoms with Crippen molar-refractivity contribution in [2.24, 2.45) is 11.8 Å². The van der Waals surface area contributed by atoms with Crippen LogP contribution in [0.3, 0.4) is 0 Å². The summed E-state index contributed by atoms with van der Waals surface area (Å²) in [6.07, 6.45) is 39.6. The lowest BCUT2D eigenvalue weighted by Crippen LogP contribution is -2.37. The second kappa shape index (κ2) is 33.5. The van der Waals surface area contributed by atoms with Crippen LogP contribution < -0.4 is 4.89 Å². The summed E-state index contributed by atoms with van der Waals surface area (Å²) < 4.78 is 34.3. The molecule has 5 atom stereocenters. The number of ether oxygens (including phenoxy) is 2. The van der Waals surface area contributed by atoms with Crippen molar-refractivity contribution in [2.75, 3.05) is 47.5 Å². The zero-order valence-electron chi connectivity index (χ0n) is 36.4. The number of allylic oxidation sites excluding steroid dienone is 8. The maximum atomic E-state index is 12.6. The molecule has 0 aromatic heterocycles. The number of unbranched alkanes of at least 4 members (excludes halogenated alkanes) is 14. The number of carbonyl (C=O) groups is 2. The first kappa shape index (κ1) is 52.7. The Balaban J connectivity index is 2.44. The predicted octanol–water partition coefficient (Wildman–Crippen LogP) is 10.3. The van der Waals surface area contributed by atoms with Gasteiger partial charge in [-0.1, -0.05) is 121 Å². The van der Waals surface area contributed by atoms with Crippen molar-refractivity contribution < 1.29 is 47.2 Å². The van der Waals surface area contributed by atoms with Gasteiger partial charge in [-0.25, -0.2) is 0 Å². The molecule has 0 saturated carbocycles. The number of hydrogen-bond acceptors (Lipinski definition) is 9. The molecule has 0 spiro atoms. The molecule has 328 valence electrons. The SMILES string of the molecule is CCCCCCCC/C=C\CCCCCC/C=C/O[C@H](COC(=O)CCC/C=C\C[C@H]1C=CC(=O)[C@@H]1/C=C/[C@@H](O)CCCCC)COP(=O)([O-])OCC[N+](C)(C)C. The Bertz CT molecular complexity index is 1240. The molecule has 1 N–H and O–H groups in total. The Morgan fingerprint density at radius 1 is 0.825 bits per heavy atom. The molecule has 11 heteroatoms. The summed E-state index contributed by atoms with van der Waals surface area (Å²) in [5.74, 6) is -0.554. The summed E-state index contributed by atoms with van der Waals surface area (Å²) in [7, 11) is 1.24. The van der Waals surface area contributed by atoms with Crippen LogP contribution in [0.2, 0.25) is 0 Å². The average Bonchev–Trinajstić information content (AvgIpc) is 3.51. The minimum absolute atomic E-state index is 0.00887. The van der Waals surface area contributed by atoms with E-state index in [1.165, 1.54) is 64.0 Å². The Morgan fingerprint density at radius 2 is 1.42 bits per heavy atom. The molecule has 0 radical (unpaired) electrons. The predicted molar refractivity (Wildman–Crippen MR) is 230 cm³/mol. The minimum Gasteiger partial charge on any atom is -0.756 e. The summed E-state index contributed by atoms with van der Waals surface area (Å²) >= 11 is 0. The molecule has 1 unspecified atom stereocenters. The summed E-state index contributed by atoms with van der Waals surface area (Å²) in [4.78, 5) is 37.3. The topological polar surface area (TPSA) is 131 Å². The molecule has 0 fully saturated rings. The molecule has 10 nitrogen and oxygen atoms in total.